The molecule has 0 spiro atoms. The second kappa shape index (κ2) is 6.21. The maximum atomic E-state index is 12.0. The molecule has 3 N–H and O–H groups in total. The van der Waals surface area contributed by atoms with E-state index in [1.807, 2.05) is 19.0 Å². The Balaban J connectivity index is 2.98. The van der Waals surface area contributed by atoms with E-state index in [0.29, 0.717) is 23.2 Å². The molecule has 0 bridgehead atoms. The van der Waals surface area contributed by atoms with Gasteiger partial charge in [-0.25, -0.2) is 13.1 Å². The van der Waals surface area contributed by atoms with Crippen LogP contribution < -0.4 is 10.5 Å². The molecule has 0 saturated heterocycles. The van der Waals surface area contributed by atoms with Gasteiger partial charge in [-0.05, 0) is 42.2 Å². The molecule has 0 aliphatic rings. The van der Waals surface area contributed by atoms with Crippen molar-refractivity contribution < 1.29 is 8.42 Å². The second-order valence-electron chi connectivity index (χ2n) is 4.02. The lowest BCUT2D eigenvalue weighted by Gasteiger charge is -2.12. The van der Waals surface area contributed by atoms with Crippen molar-refractivity contribution in [3.05, 3.63) is 21.6 Å². The van der Waals surface area contributed by atoms with Crippen molar-refractivity contribution in [2.75, 3.05) is 32.9 Å². The zero-order valence-electron chi connectivity index (χ0n) is 10.1. The molecular weight excluding hydrogens is 342 g/mol. The molecule has 8 heteroatoms. The van der Waals surface area contributed by atoms with E-state index >= 15 is 0 Å². The van der Waals surface area contributed by atoms with E-state index in [9.17, 15) is 8.42 Å². The molecule has 1 rings (SSSR count). The van der Waals surface area contributed by atoms with Crippen LogP contribution in [0.25, 0.3) is 0 Å². The highest BCUT2D eigenvalue weighted by atomic mass is 79.9. The van der Waals surface area contributed by atoms with Gasteiger partial charge in [0.2, 0.25) is 10.0 Å². The van der Waals surface area contributed by atoms with Gasteiger partial charge in [-0.3, -0.25) is 0 Å². The van der Waals surface area contributed by atoms with Crippen molar-refractivity contribution in [2.24, 2.45) is 0 Å². The highest BCUT2D eigenvalue weighted by Gasteiger charge is 2.19. The third kappa shape index (κ3) is 4.10. The first kappa shape index (κ1) is 15.7. The molecule has 0 aromatic heterocycles. The van der Waals surface area contributed by atoms with Gasteiger partial charge >= 0.3 is 0 Å². The van der Waals surface area contributed by atoms with Gasteiger partial charge in [0, 0.05) is 23.2 Å². The number of nitrogens with two attached hydrogens (primary N) is 1. The SMILES string of the molecule is CN(C)CCNS(=O)(=O)c1cc(N)cc(Br)c1Cl. The molecule has 5 nitrogen and oxygen atoms in total. The quantitative estimate of drug-likeness (QED) is 0.785. The van der Waals surface area contributed by atoms with Crippen LogP contribution in [0, 0.1) is 0 Å². The van der Waals surface area contributed by atoms with Gasteiger partial charge in [0.1, 0.15) is 4.90 Å². The molecule has 0 aliphatic carbocycles. The second-order valence-corrected chi connectivity index (χ2v) is 6.98. The molecule has 0 aliphatic heterocycles. The molecule has 0 unspecified atom stereocenters. The summed E-state index contributed by atoms with van der Waals surface area (Å²) in [7, 11) is 0.0688. The molecule has 0 amide bonds. The number of rotatable bonds is 5. The molecular formula is C10H15BrClN3O2S. The number of nitrogens with zero attached hydrogens (tertiary/aromatic N) is 1. The lowest BCUT2D eigenvalue weighted by molar-refractivity contribution is 0.412. The number of nitrogens with one attached hydrogen (secondary N) is 1. The summed E-state index contributed by atoms with van der Waals surface area (Å²) in [5.74, 6) is 0. The highest BCUT2D eigenvalue weighted by molar-refractivity contribution is 9.10. The Morgan fingerprint density at radius 2 is 2.06 bits per heavy atom. The molecule has 102 valence electrons. The zero-order chi connectivity index (χ0) is 13.9. The van der Waals surface area contributed by atoms with E-state index in [0.717, 1.165) is 0 Å². The molecule has 0 radical (unpaired) electrons. The van der Waals surface area contributed by atoms with Gasteiger partial charge in [0.25, 0.3) is 0 Å². The van der Waals surface area contributed by atoms with Gasteiger partial charge in [0.05, 0.1) is 5.02 Å². The summed E-state index contributed by atoms with van der Waals surface area (Å²) in [5, 5.41) is 0.126. The number of hydrogen-bond acceptors (Lipinski definition) is 4. The van der Waals surface area contributed by atoms with Crippen LogP contribution in [0.3, 0.4) is 0 Å². The summed E-state index contributed by atoms with van der Waals surface area (Å²) < 4.78 is 27.0. The minimum atomic E-state index is -3.65. The zero-order valence-corrected chi connectivity index (χ0v) is 13.2. The monoisotopic (exact) mass is 355 g/mol. The van der Waals surface area contributed by atoms with Crippen LogP contribution in [0.4, 0.5) is 5.69 Å². The summed E-state index contributed by atoms with van der Waals surface area (Å²) >= 11 is 9.13. The van der Waals surface area contributed by atoms with Crippen LogP contribution in [-0.2, 0) is 10.0 Å². The van der Waals surface area contributed by atoms with Crippen LogP contribution in [-0.4, -0.2) is 40.5 Å². The number of likely N-dealkylation sites (N-methyl/N-ethyl adjacent to an activating group) is 1. The smallest absolute Gasteiger partial charge is 0.242 e. The number of sulfonamides is 1. The molecule has 1 aromatic rings. The fourth-order valence-electron chi connectivity index (χ4n) is 1.26. The topological polar surface area (TPSA) is 75.4 Å². The lowest BCUT2D eigenvalue weighted by Crippen LogP contribution is -2.31. The largest absolute Gasteiger partial charge is 0.399 e. The number of benzene rings is 1. The molecule has 1 aromatic carbocycles. The summed E-state index contributed by atoms with van der Waals surface area (Å²) in [6.45, 7) is 0.901. The normalized spacial score (nSPS) is 12.1. The van der Waals surface area contributed by atoms with Gasteiger partial charge in [-0.1, -0.05) is 11.6 Å². The Hall–Kier alpha value is -0.340. The fraction of sp³-hybridized carbons (Fsp3) is 0.400. The molecule has 0 fully saturated rings. The van der Waals surface area contributed by atoms with E-state index in [2.05, 4.69) is 20.7 Å². The van der Waals surface area contributed by atoms with Crippen molar-refractivity contribution >= 4 is 43.2 Å². The van der Waals surface area contributed by atoms with Crippen molar-refractivity contribution in [2.45, 2.75) is 4.90 Å². The summed E-state index contributed by atoms with van der Waals surface area (Å²) in [6, 6.07) is 2.90. The molecule has 0 heterocycles. The average Bonchev–Trinajstić information content (AvgIpc) is 2.22. The van der Waals surface area contributed by atoms with Crippen LogP contribution in [0.15, 0.2) is 21.5 Å². The molecule has 0 atom stereocenters. The van der Waals surface area contributed by atoms with Gasteiger partial charge in [-0.2, -0.15) is 0 Å². The lowest BCUT2D eigenvalue weighted by atomic mass is 10.3. The standard InChI is InChI=1S/C10H15BrClN3O2S/c1-15(2)4-3-14-18(16,17)9-6-7(13)5-8(11)10(9)12/h5-6,14H,3-4,13H2,1-2H3. The molecule has 0 saturated carbocycles. The Kier molecular flexibility index (Phi) is 5.42. The minimum absolute atomic E-state index is 0.0187. The Bertz CT molecular complexity index is 534. The fourth-order valence-corrected chi connectivity index (χ4v) is 3.44. The number of hydrogen-bond donors (Lipinski definition) is 2. The first-order chi connectivity index (χ1) is 8.24. The van der Waals surface area contributed by atoms with Crippen molar-refractivity contribution in [1.82, 2.24) is 9.62 Å². The van der Waals surface area contributed by atoms with Gasteiger partial charge in [0.15, 0.2) is 0 Å². The van der Waals surface area contributed by atoms with Crippen LogP contribution >= 0.6 is 27.5 Å². The number of nitrogen functional groups attached to an aromatic ring is 1. The Morgan fingerprint density at radius 1 is 1.44 bits per heavy atom. The summed E-state index contributed by atoms with van der Waals surface area (Å²) in [5.41, 5.74) is 5.95. The first-order valence-corrected chi connectivity index (χ1v) is 7.78. The van der Waals surface area contributed by atoms with Crippen LogP contribution in [0.5, 0.6) is 0 Å². The Labute approximate surface area is 120 Å². The van der Waals surface area contributed by atoms with Crippen LogP contribution in [0.1, 0.15) is 0 Å². The van der Waals surface area contributed by atoms with Crippen molar-refractivity contribution in [3.63, 3.8) is 0 Å². The van der Waals surface area contributed by atoms with E-state index in [1.165, 1.54) is 6.07 Å². The predicted octanol–water partition coefficient (Wildman–Crippen LogP) is 1.52. The predicted molar refractivity (Wildman–Crippen MR) is 77.3 cm³/mol. The third-order valence-electron chi connectivity index (χ3n) is 2.16. The van der Waals surface area contributed by atoms with E-state index in [-0.39, 0.29) is 9.92 Å². The number of anilines is 1. The van der Waals surface area contributed by atoms with Crippen LogP contribution in [0.2, 0.25) is 5.02 Å². The van der Waals surface area contributed by atoms with E-state index in [1.54, 1.807) is 6.07 Å². The third-order valence-corrected chi connectivity index (χ3v) is 5.02. The maximum Gasteiger partial charge on any atom is 0.242 e. The number of halogens is 2. The van der Waals surface area contributed by atoms with Gasteiger partial charge < -0.3 is 10.6 Å². The summed E-state index contributed by atoms with van der Waals surface area (Å²) in [4.78, 5) is 1.86. The van der Waals surface area contributed by atoms with Gasteiger partial charge in [-0.15, -0.1) is 0 Å². The van der Waals surface area contributed by atoms with Crippen molar-refractivity contribution in [3.8, 4) is 0 Å². The first-order valence-electron chi connectivity index (χ1n) is 5.13. The average molecular weight is 357 g/mol. The Morgan fingerprint density at radius 3 is 2.61 bits per heavy atom. The summed E-state index contributed by atoms with van der Waals surface area (Å²) in [6.07, 6.45) is 0. The maximum absolute atomic E-state index is 12.0. The highest BCUT2D eigenvalue weighted by Crippen LogP contribution is 2.31. The van der Waals surface area contributed by atoms with E-state index in [4.69, 9.17) is 17.3 Å². The van der Waals surface area contributed by atoms with E-state index < -0.39 is 10.0 Å². The minimum Gasteiger partial charge on any atom is -0.399 e. The van der Waals surface area contributed by atoms with Crippen molar-refractivity contribution in [1.29, 1.82) is 0 Å². The molecule has 18 heavy (non-hydrogen) atoms.